The minimum Gasteiger partial charge on any atom is -0.493 e. The van der Waals surface area contributed by atoms with Crippen molar-refractivity contribution < 1.29 is 19.0 Å². The molecule has 3 unspecified atom stereocenters. The van der Waals surface area contributed by atoms with Gasteiger partial charge in [0.25, 0.3) is 5.91 Å². The van der Waals surface area contributed by atoms with Gasteiger partial charge in [-0.3, -0.25) is 4.79 Å². The van der Waals surface area contributed by atoms with Crippen LogP contribution in [0.3, 0.4) is 0 Å². The fraction of sp³-hybridized carbons (Fsp3) is 0.556. The normalized spacial score (nSPS) is 25.0. The third-order valence-corrected chi connectivity index (χ3v) is 5.15. The molecule has 1 aromatic rings. The number of nitrogens with one attached hydrogen (secondary N) is 1. The van der Waals surface area contributed by atoms with Crippen LogP contribution in [0.15, 0.2) is 17.2 Å². The molecule has 0 aromatic heterocycles. The molecule has 24 heavy (non-hydrogen) atoms. The quantitative estimate of drug-likeness (QED) is 0.642. The number of carbonyl (C=O) groups is 1. The Labute approximate surface area is 142 Å². The van der Waals surface area contributed by atoms with Gasteiger partial charge < -0.3 is 14.2 Å². The predicted molar refractivity (Wildman–Crippen MR) is 91.0 cm³/mol. The maximum atomic E-state index is 12.3. The molecule has 0 saturated heterocycles. The topological polar surface area (TPSA) is 69.2 Å². The molecule has 0 spiro atoms. The number of carbonyl (C=O) groups excluding carboxylic acids is 1. The summed E-state index contributed by atoms with van der Waals surface area (Å²) in [6.45, 7) is 0. The first-order chi connectivity index (χ1) is 11.7. The van der Waals surface area contributed by atoms with Crippen molar-refractivity contribution in [3.63, 3.8) is 0 Å². The van der Waals surface area contributed by atoms with E-state index in [0.717, 1.165) is 11.8 Å². The third kappa shape index (κ3) is 3.18. The lowest BCUT2D eigenvalue weighted by Crippen LogP contribution is -2.20. The molecular formula is C18H24N2O4. The van der Waals surface area contributed by atoms with Gasteiger partial charge in [-0.2, -0.15) is 5.10 Å². The summed E-state index contributed by atoms with van der Waals surface area (Å²) in [6.07, 6.45) is 7.07. The molecular weight excluding hydrogens is 308 g/mol. The van der Waals surface area contributed by atoms with E-state index in [0.29, 0.717) is 28.7 Å². The van der Waals surface area contributed by atoms with Crippen LogP contribution in [0.1, 0.15) is 36.0 Å². The highest BCUT2D eigenvalue weighted by molar-refractivity contribution is 5.95. The molecule has 6 heteroatoms. The summed E-state index contributed by atoms with van der Waals surface area (Å²) in [4.78, 5) is 12.3. The minimum atomic E-state index is -0.298. The first-order valence-corrected chi connectivity index (χ1v) is 8.29. The zero-order chi connectivity index (χ0) is 17.1. The fourth-order valence-corrected chi connectivity index (χ4v) is 3.94. The lowest BCUT2D eigenvalue weighted by Gasteiger charge is -2.16. The molecule has 2 aliphatic rings. The van der Waals surface area contributed by atoms with Crippen molar-refractivity contribution in [3.8, 4) is 17.2 Å². The van der Waals surface area contributed by atoms with E-state index in [-0.39, 0.29) is 5.91 Å². The molecule has 0 aliphatic heterocycles. The van der Waals surface area contributed by atoms with E-state index >= 15 is 0 Å². The highest BCUT2D eigenvalue weighted by atomic mass is 16.5. The van der Waals surface area contributed by atoms with Crippen molar-refractivity contribution in [1.29, 1.82) is 0 Å². The fourth-order valence-electron chi connectivity index (χ4n) is 3.94. The van der Waals surface area contributed by atoms with E-state index in [1.165, 1.54) is 47.0 Å². The summed E-state index contributed by atoms with van der Waals surface area (Å²) < 4.78 is 15.8. The van der Waals surface area contributed by atoms with Crippen LogP contribution in [0.25, 0.3) is 0 Å². The van der Waals surface area contributed by atoms with E-state index in [2.05, 4.69) is 10.5 Å². The molecule has 1 aromatic carbocycles. The predicted octanol–water partition coefficient (Wildman–Crippen LogP) is 2.86. The Morgan fingerprint density at radius 1 is 1.12 bits per heavy atom. The Bertz CT molecular complexity index is 619. The van der Waals surface area contributed by atoms with Gasteiger partial charge in [0, 0.05) is 11.8 Å². The van der Waals surface area contributed by atoms with Gasteiger partial charge in [0.2, 0.25) is 5.75 Å². The number of fused-ring (bicyclic) bond motifs is 2. The van der Waals surface area contributed by atoms with E-state index in [1.807, 2.05) is 6.21 Å². The van der Waals surface area contributed by atoms with Gasteiger partial charge in [-0.05, 0) is 49.1 Å². The third-order valence-electron chi connectivity index (χ3n) is 5.15. The van der Waals surface area contributed by atoms with Gasteiger partial charge in [0.15, 0.2) is 11.5 Å². The van der Waals surface area contributed by atoms with E-state index in [4.69, 9.17) is 14.2 Å². The maximum absolute atomic E-state index is 12.3. The summed E-state index contributed by atoms with van der Waals surface area (Å²) in [6, 6.07) is 3.23. The Kier molecular flexibility index (Phi) is 4.92. The molecule has 3 rings (SSSR count). The molecule has 1 amide bonds. The summed E-state index contributed by atoms with van der Waals surface area (Å²) >= 11 is 0. The number of hydrazone groups is 1. The number of ether oxygens (including phenoxy) is 3. The monoisotopic (exact) mass is 332 g/mol. The van der Waals surface area contributed by atoms with Crippen LogP contribution < -0.4 is 19.6 Å². The second-order valence-electron chi connectivity index (χ2n) is 6.47. The lowest BCUT2D eigenvalue weighted by atomic mass is 9.90. The summed E-state index contributed by atoms with van der Waals surface area (Å²) in [5, 5.41) is 4.16. The molecule has 0 heterocycles. The van der Waals surface area contributed by atoms with Crippen molar-refractivity contribution in [2.24, 2.45) is 22.9 Å². The summed E-state index contributed by atoms with van der Waals surface area (Å²) in [5.74, 6) is 3.16. The van der Waals surface area contributed by atoms with Crippen molar-refractivity contribution in [2.45, 2.75) is 25.7 Å². The number of methoxy groups -OCH3 is 3. The largest absolute Gasteiger partial charge is 0.493 e. The highest BCUT2D eigenvalue weighted by Crippen LogP contribution is 2.47. The number of rotatable bonds is 6. The number of hydrogen-bond donors (Lipinski definition) is 1. The van der Waals surface area contributed by atoms with Gasteiger partial charge in [-0.15, -0.1) is 0 Å². The van der Waals surface area contributed by atoms with Crippen LogP contribution in [0.4, 0.5) is 0 Å². The Morgan fingerprint density at radius 3 is 2.33 bits per heavy atom. The van der Waals surface area contributed by atoms with Gasteiger partial charge in [0.1, 0.15) is 0 Å². The van der Waals surface area contributed by atoms with Crippen molar-refractivity contribution in [1.82, 2.24) is 5.43 Å². The Balaban J connectivity index is 1.68. The zero-order valence-corrected chi connectivity index (χ0v) is 14.4. The van der Waals surface area contributed by atoms with Crippen molar-refractivity contribution in [3.05, 3.63) is 17.7 Å². The highest BCUT2D eigenvalue weighted by Gasteiger charge is 2.38. The number of nitrogens with zero attached hydrogens (tertiary/aromatic N) is 1. The van der Waals surface area contributed by atoms with Gasteiger partial charge >= 0.3 is 0 Å². The first-order valence-electron chi connectivity index (χ1n) is 8.29. The number of benzene rings is 1. The molecule has 130 valence electrons. The number of hydrogen-bond acceptors (Lipinski definition) is 5. The van der Waals surface area contributed by atoms with Crippen LogP contribution in [0.5, 0.6) is 17.2 Å². The molecule has 1 N–H and O–H groups in total. The smallest absolute Gasteiger partial charge is 0.271 e. The second-order valence-corrected chi connectivity index (χ2v) is 6.47. The van der Waals surface area contributed by atoms with Gasteiger partial charge in [-0.25, -0.2) is 5.43 Å². The molecule has 6 nitrogen and oxygen atoms in total. The summed E-state index contributed by atoms with van der Waals surface area (Å²) in [7, 11) is 4.57. The van der Waals surface area contributed by atoms with E-state index in [9.17, 15) is 4.79 Å². The van der Waals surface area contributed by atoms with Gasteiger partial charge in [0.05, 0.1) is 21.3 Å². The zero-order valence-electron chi connectivity index (χ0n) is 14.4. The second kappa shape index (κ2) is 7.11. The summed E-state index contributed by atoms with van der Waals surface area (Å²) in [5.41, 5.74) is 3.02. The average Bonchev–Trinajstić information content (AvgIpc) is 3.23. The molecule has 2 fully saturated rings. The van der Waals surface area contributed by atoms with Crippen LogP contribution in [0, 0.1) is 17.8 Å². The van der Waals surface area contributed by atoms with Crippen molar-refractivity contribution >= 4 is 12.1 Å². The Morgan fingerprint density at radius 2 is 1.83 bits per heavy atom. The molecule has 2 aliphatic carbocycles. The van der Waals surface area contributed by atoms with Gasteiger partial charge in [-0.1, -0.05) is 6.42 Å². The number of amides is 1. The molecule has 3 atom stereocenters. The minimum absolute atomic E-state index is 0.298. The van der Waals surface area contributed by atoms with Crippen molar-refractivity contribution in [2.75, 3.05) is 21.3 Å². The lowest BCUT2D eigenvalue weighted by molar-refractivity contribution is 0.0954. The van der Waals surface area contributed by atoms with Crippen LogP contribution in [-0.4, -0.2) is 33.5 Å². The molecule has 2 bridgehead atoms. The average molecular weight is 332 g/mol. The van der Waals surface area contributed by atoms with Crippen LogP contribution in [0.2, 0.25) is 0 Å². The van der Waals surface area contributed by atoms with Crippen LogP contribution >= 0.6 is 0 Å². The first kappa shape index (κ1) is 16.6. The SMILES string of the molecule is COc1cc(C(=O)NN=CC2CC3CCC2C3)cc(OC)c1OC. The Hall–Kier alpha value is -2.24. The van der Waals surface area contributed by atoms with Crippen LogP contribution in [-0.2, 0) is 0 Å². The standard InChI is InChI=1S/C18H24N2O4/c1-22-15-8-13(9-16(23-2)17(15)24-3)18(21)20-19-10-14-7-11-4-5-12(14)6-11/h8-12,14H,4-7H2,1-3H3,(H,20,21). The molecule has 0 radical (unpaired) electrons. The van der Waals surface area contributed by atoms with E-state index < -0.39 is 0 Å². The molecule has 2 saturated carbocycles. The van der Waals surface area contributed by atoms with E-state index in [1.54, 1.807) is 12.1 Å². The maximum Gasteiger partial charge on any atom is 0.271 e.